The minimum atomic E-state index is -2.97. The summed E-state index contributed by atoms with van der Waals surface area (Å²) in [6.07, 6.45) is 2.33. The summed E-state index contributed by atoms with van der Waals surface area (Å²) in [6, 6.07) is 4.25. The Kier molecular flexibility index (Phi) is 4.62. The molecule has 1 fully saturated rings. The molecule has 0 spiro atoms. The second-order valence-electron chi connectivity index (χ2n) is 5.03. The highest BCUT2D eigenvalue weighted by atomic mass is 19.3. The molecule has 3 N–H and O–H groups in total. The first-order valence-corrected chi connectivity index (χ1v) is 6.65. The number of nitrogens with two attached hydrogens (primary N) is 1. The molecule has 2 rings (SSSR count). The fraction of sp³-hybridized carbons (Fsp3) is 0.500. The standard InChI is InChI=1S/C14H18F2N2O3/c1-20-9-3-4-11(21-13(15)16)10(7-9)18-12(19)14(8-17)5-2-6-14/h3-4,7,13H,2,5-6,8,17H2,1H3,(H,18,19). The number of rotatable bonds is 6. The maximum Gasteiger partial charge on any atom is 0.387 e. The zero-order valence-corrected chi connectivity index (χ0v) is 11.7. The van der Waals surface area contributed by atoms with Gasteiger partial charge >= 0.3 is 6.61 Å². The summed E-state index contributed by atoms with van der Waals surface area (Å²) in [5, 5.41) is 2.63. The smallest absolute Gasteiger partial charge is 0.387 e. The number of anilines is 1. The van der Waals surface area contributed by atoms with Gasteiger partial charge in [-0.1, -0.05) is 6.42 Å². The SMILES string of the molecule is COc1ccc(OC(F)F)c(NC(=O)C2(CN)CCC2)c1. The quantitative estimate of drug-likeness (QED) is 0.846. The topological polar surface area (TPSA) is 73.6 Å². The molecule has 0 bridgehead atoms. The lowest BCUT2D eigenvalue weighted by atomic mass is 9.68. The Hall–Kier alpha value is -1.89. The van der Waals surface area contributed by atoms with Crippen LogP contribution in [0, 0.1) is 5.41 Å². The number of methoxy groups -OCH3 is 1. The van der Waals surface area contributed by atoms with Gasteiger partial charge in [-0.15, -0.1) is 0 Å². The Labute approximate surface area is 121 Å². The summed E-state index contributed by atoms with van der Waals surface area (Å²) in [6.45, 7) is -2.74. The molecule has 1 aromatic carbocycles. The summed E-state index contributed by atoms with van der Waals surface area (Å²) in [5.41, 5.74) is 5.21. The van der Waals surface area contributed by atoms with Crippen LogP contribution >= 0.6 is 0 Å². The van der Waals surface area contributed by atoms with Crippen LogP contribution in [0.1, 0.15) is 19.3 Å². The van der Waals surface area contributed by atoms with Crippen molar-refractivity contribution in [2.24, 2.45) is 11.1 Å². The van der Waals surface area contributed by atoms with E-state index in [-0.39, 0.29) is 23.9 Å². The molecule has 0 aromatic heterocycles. The second-order valence-corrected chi connectivity index (χ2v) is 5.03. The van der Waals surface area contributed by atoms with E-state index < -0.39 is 12.0 Å². The first-order valence-electron chi connectivity index (χ1n) is 6.65. The highest BCUT2D eigenvalue weighted by molar-refractivity contribution is 5.97. The molecule has 21 heavy (non-hydrogen) atoms. The molecule has 1 aromatic rings. The Balaban J connectivity index is 2.22. The summed E-state index contributed by atoms with van der Waals surface area (Å²) in [5.74, 6) is 0.0524. The summed E-state index contributed by atoms with van der Waals surface area (Å²) >= 11 is 0. The molecule has 0 unspecified atom stereocenters. The van der Waals surface area contributed by atoms with Gasteiger partial charge in [-0.3, -0.25) is 4.79 Å². The molecule has 0 radical (unpaired) electrons. The summed E-state index contributed by atoms with van der Waals surface area (Å²) in [7, 11) is 1.45. The van der Waals surface area contributed by atoms with Gasteiger partial charge in [0, 0.05) is 12.6 Å². The van der Waals surface area contributed by atoms with E-state index in [0.29, 0.717) is 18.6 Å². The van der Waals surface area contributed by atoms with Crippen molar-refractivity contribution in [1.29, 1.82) is 0 Å². The van der Waals surface area contributed by atoms with Gasteiger partial charge in [-0.05, 0) is 25.0 Å². The first-order chi connectivity index (χ1) is 10.0. The number of halogens is 2. The van der Waals surface area contributed by atoms with Gasteiger partial charge in [0.1, 0.15) is 11.5 Å². The van der Waals surface area contributed by atoms with Crippen LogP contribution in [0.5, 0.6) is 11.5 Å². The molecule has 0 aliphatic heterocycles. The number of amides is 1. The van der Waals surface area contributed by atoms with Crippen LogP contribution in [-0.4, -0.2) is 26.2 Å². The van der Waals surface area contributed by atoms with E-state index in [1.54, 1.807) is 0 Å². The fourth-order valence-corrected chi connectivity index (χ4v) is 2.31. The molecule has 5 nitrogen and oxygen atoms in total. The normalized spacial score (nSPS) is 16.2. The Bertz CT molecular complexity index is 513. The Morgan fingerprint density at radius 3 is 2.67 bits per heavy atom. The lowest BCUT2D eigenvalue weighted by molar-refractivity contribution is -0.129. The van der Waals surface area contributed by atoms with E-state index in [9.17, 15) is 13.6 Å². The van der Waals surface area contributed by atoms with Crippen LogP contribution in [0.3, 0.4) is 0 Å². The van der Waals surface area contributed by atoms with Gasteiger partial charge in [0.25, 0.3) is 0 Å². The van der Waals surface area contributed by atoms with Gasteiger partial charge in [-0.2, -0.15) is 8.78 Å². The third kappa shape index (κ3) is 3.24. The Morgan fingerprint density at radius 2 is 2.19 bits per heavy atom. The molecule has 1 amide bonds. The molecular formula is C14H18F2N2O3. The van der Waals surface area contributed by atoms with Crippen molar-refractivity contribution in [3.05, 3.63) is 18.2 Å². The van der Waals surface area contributed by atoms with Crippen molar-refractivity contribution in [3.63, 3.8) is 0 Å². The number of nitrogens with one attached hydrogen (secondary N) is 1. The van der Waals surface area contributed by atoms with Crippen LogP contribution < -0.4 is 20.5 Å². The van der Waals surface area contributed by atoms with Crippen LogP contribution in [0.25, 0.3) is 0 Å². The van der Waals surface area contributed by atoms with Crippen LogP contribution in [0.15, 0.2) is 18.2 Å². The average Bonchev–Trinajstić information content (AvgIpc) is 2.39. The van der Waals surface area contributed by atoms with E-state index in [4.69, 9.17) is 10.5 Å². The molecule has 1 saturated carbocycles. The van der Waals surface area contributed by atoms with Crippen molar-refractivity contribution in [2.75, 3.05) is 19.0 Å². The number of ether oxygens (including phenoxy) is 2. The van der Waals surface area contributed by atoms with Gasteiger partial charge in [0.2, 0.25) is 5.91 Å². The lowest BCUT2D eigenvalue weighted by Gasteiger charge is -2.39. The third-order valence-corrected chi connectivity index (χ3v) is 3.83. The largest absolute Gasteiger partial charge is 0.497 e. The van der Waals surface area contributed by atoms with E-state index in [1.807, 2.05) is 0 Å². The molecule has 0 heterocycles. The minimum Gasteiger partial charge on any atom is -0.497 e. The number of hydrogen-bond acceptors (Lipinski definition) is 4. The highest BCUT2D eigenvalue weighted by Gasteiger charge is 2.43. The molecular weight excluding hydrogens is 282 g/mol. The summed E-state index contributed by atoms with van der Waals surface area (Å²) in [4.78, 5) is 12.3. The minimum absolute atomic E-state index is 0.106. The predicted octanol–water partition coefficient (Wildman–Crippen LogP) is 2.36. The zero-order chi connectivity index (χ0) is 15.5. The van der Waals surface area contributed by atoms with Crippen molar-refractivity contribution < 1.29 is 23.0 Å². The number of carbonyl (C=O) groups is 1. The maximum absolute atomic E-state index is 12.4. The van der Waals surface area contributed by atoms with E-state index in [1.165, 1.54) is 25.3 Å². The second kappa shape index (κ2) is 6.26. The predicted molar refractivity (Wildman–Crippen MR) is 73.6 cm³/mol. The number of carbonyl (C=O) groups excluding carboxylic acids is 1. The number of hydrogen-bond donors (Lipinski definition) is 2. The summed E-state index contributed by atoms with van der Waals surface area (Å²) < 4.78 is 34.3. The zero-order valence-electron chi connectivity index (χ0n) is 11.7. The van der Waals surface area contributed by atoms with Gasteiger partial charge < -0.3 is 20.5 Å². The van der Waals surface area contributed by atoms with Crippen molar-refractivity contribution in [3.8, 4) is 11.5 Å². The molecule has 0 saturated heterocycles. The van der Waals surface area contributed by atoms with Gasteiger partial charge in [0.15, 0.2) is 0 Å². The first kappa shape index (κ1) is 15.5. The van der Waals surface area contributed by atoms with Crippen LogP contribution in [0.2, 0.25) is 0 Å². The fourth-order valence-electron chi connectivity index (χ4n) is 2.31. The monoisotopic (exact) mass is 300 g/mol. The van der Waals surface area contributed by atoms with Crippen LogP contribution in [0.4, 0.5) is 14.5 Å². The van der Waals surface area contributed by atoms with E-state index >= 15 is 0 Å². The molecule has 7 heteroatoms. The van der Waals surface area contributed by atoms with Crippen molar-refractivity contribution >= 4 is 11.6 Å². The van der Waals surface area contributed by atoms with E-state index in [0.717, 1.165) is 6.42 Å². The van der Waals surface area contributed by atoms with Gasteiger partial charge in [0.05, 0.1) is 18.2 Å². The van der Waals surface area contributed by atoms with E-state index in [2.05, 4.69) is 10.1 Å². The van der Waals surface area contributed by atoms with Crippen molar-refractivity contribution in [2.45, 2.75) is 25.9 Å². The lowest BCUT2D eigenvalue weighted by Crippen LogP contribution is -2.47. The number of benzene rings is 1. The highest BCUT2D eigenvalue weighted by Crippen LogP contribution is 2.42. The molecule has 1 aliphatic carbocycles. The molecule has 1 aliphatic rings. The third-order valence-electron chi connectivity index (χ3n) is 3.83. The van der Waals surface area contributed by atoms with Crippen molar-refractivity contribution in [1.82, 2.24) is 0 Å². The molecule has 116 valence electrons. The maximum atomic E-state index is 12.4. The van der Waals surface area contributed by atoms with Crippen LogP contribution in [-0.2, 0) is 4.79 Å². The Morgan fingerprint density at radius 1 is 1.48 bits per heavy atom. The average molecular weight is 300 g/mol. The molecule has 0 atom stereocenters. The van der Waals surface area contributed by atoms with Gasteiger partial charge in [-0.25, -0.2) is 0 Å². The number of alkyl halides is 2.